The van der Waals surface area contributed by atoms with Crippen molar-refractivity contribution in [3.63, 3.8) is 0 Å². The topological polar surface area (TPSA) is 123 Å². The van der Waals surface area contributed by atoms with Crippen molar-refractivity contribution >= 4 is 11.9 Å². The summed E-state index contributed by atoms with van der Waals surface area (Å²) in [7, 11) is 1.26. The zero-order chi connectivity index (χ0) is 23.6. The first kappa shape index (κ1) is 25.8. The number of ether oxygens (including phenoxy) is 3. The van der Waals surface area contributed by atoms with E-state index in [1.807, 2.05) is 6.92 Å². The molecular weight excluding hydrogens is 404 g/mol. The summed E-state index contributed by atoms with van der Waals surface area (Å²) in [6.45, 7) is 10.2. The van der Waals surface area contributed by atoms with Crippen molar-refractivity contribution in [1.29, 1.82) is 0 Å². The van der Waals surface area contributed by atoms with E-state index in [9.17, 15) is 24.9 Å². The molecule has 0 amide bonds. The summed E-state index contributed by atoms with van der Waals surface area (Å²) in [5, 5.41) is 33.0. The second-order valence-electron chi connectivity index (χ2n) is 9.81. The van der Waals surface area contributed by atoms with E-state index in [4.69, 9.17) is 14.2 Å². The molecule has 178 valence electrons. The zero-order valence-corrected chi connectivity index (χ0v) is 19.3. The van der Waals surface area contributed by atoms with E-state index in [2.05, 4.69) is 6.58 Å². The van der Waals surface area contributed by atoms with Gasteiger partial charge in [-0.2, -0.15) is 0 Å². The molecule has 0 radical (unpaired) electrons. The minimum Gasteiger partial charge on any atom is -0.466 e. The summed E-state index contributed by atoms with van der Waals surface area (Å²) in [6.07, 6.45) is 0.0597. The molecule has 0 aromatic heterocycles. The molecule has 2 bridgehead atoms. The summed E-state index contributed by atoms with van der Waals surface area (Å²) in [6, 6.07) is 0. The Kier molecular flexibility index (Phi) is 7.95. The third-order valence-corrected chi connectivity index (χ3v) is 7.08. The van der Waals surface area contributed by atoms with Gasteiger partial charge in [-0.1, -0.05) is 6.58 Å². The highest BCUT2D eigenvalue weighted by Gasteiger charge is 2.50. The Morgan fingerprint density at radius 2 is 1.65 bits per heavy atom. The van der Waals surface area contributed by atoms with Crippen LogP contribution in [0.2, 0.25) is 0 Å². The molecule has 0 spiro atoms. The number of hydrogen-bond donors (Lipinski definition) is 3. The van der Waals surface area contributed by atoms with Gasteiger partial charge in [-0.05, 0) is 71.6 Å². The van der Waals surface area contributed by atoms with Crippen LogP contribution in [0.5, 0.6) is 0 Å². The second kappa shape index (κ2) is 9.57. The molecule has 2 heterocycles. The van der Waals surface area contributed by atoms with E-state index < -0.39 is 53.0 Å². The number of esters is 2. The molecule has 0 saturated carbocycles. The van der Waals surface area contributed by atoms with Gasteiger partial charge in [0.2, 0.25) is 0 Å². The van der Waals surface area contributed by atoms with Crippen LogP contribution in [0.25, 0.3) is 0 Å². The Hall–Kier alpha value is -1.48. The van der Waals surface area contributed by atoms with Crippen molar-refractivity contribution in [2.24, 2.45) is 5.92 Å². The summed E-state index contributed by atoms with van der Waals surface area (Å²) in [4.78, 5) is 23.8. The Morgan fingerprint density at radius 1 is 1.03 bits per heavy atom. The lowest BCUT2D eigenvalue weighted by Crippen LogP contribution is -2.47. The highest BCUT2D eigenvalue weighted by molar-refractivity contribution is 5.88. The molecular formula is C23H38O8. The summed E-state index contributed by atoms with van der Waals surface area (Å²) < 4.78 is 16.6. The van der Waals surface area contributed by atoms with Crippen LogP contribution in [0.15, 0.2) is 12.2 Å². The van der Waals surface area contributed by atoms with Crippen LogP contribution < -0.4 is 0 Å². The number of aliphatic hydroxyl groups excluding tert-OH is 1. The maximum absolute atomic E-state index is 12.1. The van der Waals surface area contributed by atoms with Crippen LogP contribution in [0, 0.1) is 5.92 Å². The first-order valence-electron chi connectivity index (χ1n) is 11.0. The van der Waals surface area contributed by atoms with E-state index in [1.54, 1.807) is 6.92 Å². The molecule has 2 fully saturated rings. The minimum absolute atomic E-state index is 0.0814. The second-order valence-corrected chi connectivity index (χ2v) is 9.81. The number of hydrogen-bond acceptors (Lipinski definition) is 8. The molecule has 8 heteroatoms. The van der Waals surface area contributed by atoms with Crippen molar-refractivity contribution in [2.45, 2.75) is 108 Å². The van der Waals surface area contributed by atoms with Crippen molar-refractivity contribution in [2.75, 3.05) is 7.11 Å². The standard InChI is InChI=1S/C23H38O8/c1-14(20(26)29-6)16-7-10-22(4,28)18-9-12-23(5,31-18)19(30-15(2)24)8-11-21(3,27)17(25)13-16/h16-19,25,27-28H,1,7-13H2,2-6H3/t16-,17-,18-,19+,21+,22-,23-/m1/s1. The van der Waals surface area contributed by atoms with Crippen LogP contribution in [-0.2, 0) is 23.8 Å². The van der Waals surface area contributed by atoms with Crippen molar-refractivity contribution < 1.29 is 39.1 Å². The van der Waals surface area contributed by atoms with Crippen LogP contribution in [0.1, 0.15) is 72.6 Å². The van der Waals surface area contributed by atoms with Gasteiger partial charge in [0, 0.05) is 12.5 Å². The molecule has 2 saturated heterocycles. The molecule has 7 atom stereocenters. The highest BCUT2D eigenvalue weighted by Crippen LogP contribution is 2.43. The van der Waals surface area contributed by atoms with Crippen molar-refractivity contribution in [1.82, 2.24) is 0 Å². The fourth-order valence-corrected chi connectivity index (χ4v) is 4.70. The molecule has 31 heavy (non-hydrogen) atoms. The van der Waals surface area contributed by atoms with Crippen LogP contribution in [-0.4, -0.2) is 69.5 Å². The molecule has 2 aliphatic rings. The summed E-state index contributed by atoms with van der Waals surface area (Å²) in [5.41, 5.74) is -3.31. The molecule has 2 aliphatic heterocycles. The maximum Gasteiger partial charge on any atom is 0.333 e. The fraction of sp³-hybridized carbons (Fsp3) is 0.826. The lowest BCUT2D eigenvalue weighted by atomic mass is 9.78. The van der Waals surface area contributed by atoms with E-state index in [1.165, 1.54) is 21.0 Å². The average Bonchev–Trinajstić information content (AvgIpc) is 3.10. The Morgan fingerprint density at radius 3 is 2.23 bits per heavy atom. The molecule has 0 aliphatic carbocycles. The van der Waals surface area contributed by atoms with Gasteiger partial charge < -0.3 is 29.5 Å². The van der Waals surface area contributed by atoms with Gasteiger partial charge in [0.15, 0.2) is 0 Å². The maximum atomic E-state index is 12.1. The third kappa shape index (κ3) is 6.06. The van der Waals surface area contributed by atoms with Gasteiger partial charge in [-0.15, -0.1) is 0 Å². The first-order chi connectivity index (χ1) is 14.2. The van der Waals surface area contributed by atoms with Gasteiger partial charge in [0.05, 0.1) is 30.5 Å². The smallest absolute Gasteiger partial charge is 0.333 e. The predicted molar refractivity (Wildman–Crippen MR) is 113 cm³/mol. The largest absolute Gasteiger partial charge is 0.466 e. The molecule has 8 nitrogen and oxygen atoms in total. The van der Waals surface area contributed by atoms with E-state index in [0.717, 1.165) is 0 Å². The van der Waals surface area contributed by atoms with Crippen molar-refractivity contribution in [3.05, 3.63) is 12.2 Å². The van der Waals surface area contributed by atoms with Crippen LogP contribution >= 0.6 is 0 Å². The normalized spacial score (nSPS) is 41.9. The van der Waals surface area contributed by atoms with E-state index >= 15 is 0 Å². The van der Waals surface area contributed by atoms with Crippen LogP contribution in [0.3, 0.4) is 0 Å². The molecule has 0 unspecified atom stereocenters. The number of aliphatic hydroxyl groups is 3. The highest BCUT2D eigenvalue weighted by atomic mass is 16.6. The van der Waals surface area contributed by atoms with Gasteiger partial charge in [0.1, 0.15) is 11.7 Å². The Balaban J connectivity index is 2.38. The monoisotopic (exact) mass is 442 g/mol. The van der Waals surface area contributed by atoms with Gasteiger partial charge in [-0.3, -0.25) is 4.79 Å². The third-order valence-electron chi connectivity index (χ3n) is 7.08. The summed E-state index contributed by atoms with van der Waals surface area (Å²) >= 11 is 0. The lowest BCUT2D eigenvalue weighted by molar-refractivity contribution is -0.185. The quantitative estimate of drug-likeness (QED) is 0.448. The predicted octanol–water partition coefficient (Wildman–Crippen LogP) is 2.03. The number of carbonyl (C=O) groups is 2. The first-order valence-corrected chi connectivity index (χ1v) is 11.0. The molecule has 2 rings (SSSR count). The average molecular weight is 443 g/mol. The zero-order valence-electron chi connectivity index (χ0n) is 19.3. The molecule has 3 N–H and O–H groups in total. The molecule has 0 aromatic rings. The van der Waals surface area contributed by atoms with Gasteiger partial charge in [-0.25, -0.2) is 4.79 Å². The summed E-state index contributed by atoms with van der Waals surface area (Å²) in [5.74, 6) is -1.53. The van der Waals surface area contributed by atoms with Gasteiger partial charge >= 0.3 is 11.9 Å². The number of fused-ring (bicyclic) bond motifs is 2. The molecule has 0 aromatic carbocycles. The fourth-order valence-electron chi connectivity index (χ4n) is 4.70. The Bertz CT molecular complexity index is 685. The number of methoxy groups -OCH3 is 1. The number of rotatable bonds is 3. The minimum atomic E-state index is -1.49. The van der Waals surface area contributed by atoms with Gasteiger partial charge in [0.25, 0.3) is 0 Å². The number of carbonyl (C=O) groups excluding carboxylic acids is 2. The lowest BCUT2D eigenvalue weighted by Gasteiger charge is -2.37. The van der Waals surface area contributed by atoms with Crippen molar-refractivity contribution in [3.8, 4) is 0 Å². The van der Waals surface area contributed by atoms with E-state index in [0.29, 0.717) is 25.7 Å². The SMILES string of the molecule is C=C(C(=O)OC)[C@@H]1CC[C@@](C)(O)[C@H]2CC[C@@](C)(O2)[C@@H](OC(C)=O)CC[C@](C)(O)[C@H](O)C1. The Labute approximate surface area is 184 Å². The van der Waals surface area contributed by atoms with Crippen LogP contribution in [0.4, 0.5) is 0 Å². The van der Waals surface area contributed by atoms with E-state index in [-0.39, 0.29) is 24.8 Å².